The lowest BCUT2D eigenvalue weighted by atomic mass is 9.84. The minimum atomic E-state index is -0.896. The molecule has 0 saturated carbocycles. The van der Waals surface area contributed by atoms with Crippen LogP contribution >= 0.6 is 23.2 Å². The van der Waals surface area contributed by atoms with E-state index in [1.807, 2.05) is 30.3 Å². The predicted octanol–water partition coefficient (Wildman–Crippen LogP) is 3.82. The zero-order valence-electron chi connectivity index (χ0n) is 16.5. The molecule has 2 aromatic carbocycles. The van der Waals surface area contributed by atoms with Crippen LogP contribution in [-0.2, 0) is 28.1 Å². The van der Waals surface area contributed by atoms with Gasteiger partial charge in [-0.3, -0.25) is 14.9 Å². The Bertz CT molecular complexity index is 1050. The fourth-order valence-electron chi connectivity index (χ4n) is 2.70. The van der Waals surface area contributed by atoms with E-state index < -0.39 is 5.41 Å². The first-order valence-electron chi connectivity index (χ1n) is 9.23. The van der Waals surface area contributed by atoms with Crippen molar-refractivity contribution in [3.63, 3.8) is 0 Å². The molecule has 0 atom stereocenters. The standard InChI is InChI=1S/C21H21Cl2N5O2/c1-21(2,15-8-9-16(22)17(23)10-15)19(30)26-20-25-13-28(27-20)12-18(29)24-11-14-6-4-3-5-7-14/h3-10,13H,11-12H2,1-2H3,(H,24,29)(H,26,27,30). The highest BCUT2D eigenvalue weighted by atomic mass is 35.5. The molecule has 2 amide bonds. The highest BCUT2D eigenvalue weighted by Crippen LogP contribution is 2.30. The molecule has 3 rings (SSSR count). The molecule has 1 aromatic heterocycles. The van der Waals surface area contributed by atoms with Crippen molar-refractivity contribution in [2.45, 2.75) is 32.4 Å². The maximum Gasteiger partial charge on any atom is 0.248 e. The van der Waals surface area contributed by atoms with Gasteiger partial charge in [0.15, 0.2) is 0 Å². The molecule has 0 saturated heterocycles. The summed E-state index contributed by atoms with van der Waals surface area (Å²) < 4.78 is 1.36. The molecule has 1 heterocycles. The van der Waals surface area contributed by atoms with Crippen LogP contribution in [0.4, 0.5) is 5.95 Å². The zero-order valence-corrected chi connectivity index (χ0v) is 18.0. The molecule has 0 aliphatic rings. The van der Waals surface area contributed by atoms with Crippen molar-refractivity contribution in [1.82, 2.24) is 20.1 Å². The molecule has 2 N–H and O–H groups in total. The topological polar surface area (TPSA) is 88.9 Å². The number of nitrogens with zero attached hydrogens (tertiary/aromatic N) is 3. The Balaban J connectivity index is 1.58. The lowest BCUT2D eigenvalue weighted by molar-refractivity contribution is -0.122. The number of benzene rings is 2. The van der Waals surface area contributed by atoms with E-state index in [4.69, 9.17) is 23.2 Å². The van der Waals surface area contributed by atoms with E-state index in [0.29, 0.717) is 22.2 Å². The van der Waals surface area contributed by atoms with E-state index in [-0.39, 0.29) is 24.3 Å². The molecule has 9 heteroatoms. The van der Waals surface area contributed by atoms with Gasteiger partial charge in [-0.2, -0.15) is 0 Å². The third-order valence-corrected chi connectivity index (χ3v) is 5.35. The van der Waals surface area contributed by atoms with Gasteiger partial charge < -0.3 is 5.32 Å². The summed E-state index contributed by atoms with van der Waals surface area (Å²) in [5.41, 5.74) is 0.809. The average molecular weight is 446 g/mol. The number of hydrogen-bond donors (Lipinski definition) is 2. The summed E-state index contributed by atoms with van der Waals surface area (Å²) in [5, 5.41) is 10.4. The predicted molar refractivity (Wildman–Crippen MR) is 116 cm³/mol. The smallest absolute Gasteiger partial charge is 0.248 e. The Hall–Kier alpha value is -2.90. The molecule has 0 aliphatic carbocycles. The lowest BCUT2D eigenvalue weighted by Gasteiger charge is -2.23. The summed E-state index contributed by atoms with van der Waals surface area (Å²) in [6.07, 6.45) is 1.39. The maximum absolute atomic E-state index is 12.8. The highest BCUT2D eigenvalue weighted by molar-refractivity contribution is 6.42. The zero-order chi connectivity index (χ0) is 21.7. The molecular weight excluding hydrogens is 425 g/mol. The van der Waals surface area contributed by atoms with Gasteiger partial charge in [-0.15, -0.1) is 5.10 Å². The Morgan fingerprint density at radius 1 is 1.07 bits per heavy atom. The third-order valence-electron chi connectivity index (χ3n) is 4.61. The van der Waals surface area contributed by atoms with Gasteiger partial charge in [-0.25, -0.2) is 9.67 Å². The van der Waals surface area contributed by atoms with E-state index in [1.165, 1.54) is 11.0 Å². The van der Waals surface area contributed by atoms with Crippen LogP contribution in [0.2, 0.25) is 10.0 Å². The van der Waals surface area contributed by atoms with Crippen molar-refractivity contribution in [2.24, 2.45) is 0 Å². The van der Waals surface area contributed by atoms with Crippen LogP contribution in [0.5, 0.6) is 0 Å². The number of hydrogen-bond acceptors (Lipinski definition) is 4. The normalized spacial score (nSPS) is 11.2. The molecule has 156 valence electrons. The van der Waals surface area contributed by atoms with E-state index in [2.05, 4.69) is 20.7 Å². The number of anilines is 1. The fourth-order valence-corrected chi connectivity index (χ4v) is 3.00. The second kappa shape index (κ2) is 9.28. The van der Waals surface area contributed by atoms with E-state index >= 15 is 0 Å². The van der Waals surface area contributed by atoms with Crippen molar-refractivity contribution in [3.8, 4) is 0 Å². The van der Waals surface area contributed by atoms with Gasteiger partial charge in [0.25, 0.3) is 0 Å². The number of carbonyl (C=O) groups excluding carboxylic acids is 2. The first-order chi connectivity index (χ1) is 14.3. The van der Waals surface area contributed by atoms with Gasteiger partial charge in [-0.1, -0.05) is 59.6 Å². The Kier molecular flexibility index (Phi) is 6.74. The van der Waals surface area contributed by atoms with Crippen molar-refractivity contribution in [3.05, 3.63) is 76.0 Å². The molecule has 0 aliphatic heterocycles. The van der Waals surface area contributed by atoms with Gasteiger partial charge in [0, 0.05) is 6.54 Å². The van der Waals surface area contributed by atoms with Crippen LogP contribution in [0.15, 0.2) is 54.9 Å². The minimum Gasteiger partial charge on any atom is -0.350 e. The van der Waals surface area contributed by atoms with E-state index in [0.717, 1.165) is 5.56 Å². The van der Waals surface area contributed by atoms with Gasteiger partial charge in [0.1, 0.15) is 12.9 Å². The largest absolute Gasteiger partial charge is 0.350 e. The van der Waals surface area contributed by atoms with E-state index in [9.17, 15) is 9.59 Å². The van der Waals surface area contributed by atoms with Crippen molar-refractivity contribution >= 4 is 41.0 Å². The number of nitrogens with one attached hydrogen (secondary N) is 2. The summed E-state index contributed by atoms with van der Waals surface area (Å²) >= 11 is 12.0. The van der Waals surface area contributed by atoms with Gasteiger partial charge in [0.2, 0.25) is 17.8 Å². The molecule has 0 bridgehead atoms. The second-order valence-corrected chi connectivity index (χ2v) is 8.05. The van der Waals surface area contributed by atoms with E-state index in [1.54, 1.807) is 32.0 Å². The number of aromatic nitrogens is 3. The minimum absolute atomic E-state index is 0.00805. The number of carbonyl (C=O) groups is 2. The Morgan fingerprint density at radius 2 is 1.80 bits per heavy atom. The molecule has 3 aromatic rings. The Morgan fingerprint density at radius 3 is 2.50 bits per heavy atom. The summed E-state index contributed by atoms with van der Waals surface area (Å²) in [5.74, 6) is -0.408. The van der Waals surface area contributed by atoms with Crippen LogP contribution in [0.1, 0.15) is 25.0 Å². The molecule has 0 unspecified atom stereocenters. The van der Waals surface area contributed by atoms with Crippen LogP contribution in [-0.4, -0.2) is 26.6 Å². The highest BCUT2D eigenvalue weighted by Gasteiger charge is 2.31. The number of rotatable bonds is 7. The van der Waals surface area contributed by atoms with Crippen molar-refractivity contribution in [2.75, 3.05) is 5.32 Å². The molecule has 0 radical (unpaired) electrons. The van der Waals surface area contributed by atoms with Crippen molar-refractivity contribution < 1.29 is 9.59 Å². The average Bonchev–Trinajstić information content (AvgIpc) is 3.15. The molecule has 30 heavy (non-hydrogen) atoms. The SMILES string of the molecule is CC(C)(C(=O)Nc1ncn(CC(=O)NCc2ccccc2)n1)c1ccc(Cl)c(Cl)c1. The van der Waals surface area contributed by atoms with Crippen LogP contribution in [0.25, 0.3) is 0 Å². The van der Waals surface area contributed by atoms with Gasteiger partial charge in [0.05, 0.1) is 15.5 Å². The van der Waals surface area contributed by atoms with Crippen LogP contribution < -0.4 is 10.6 Å². The van der Waals surface area contributed by atoms with Gasteiger partial charge >= 0.3 is 0 Å². The second-order valence-electron chi connectivity index (χ2n) is 7.24. The number of halogens is 2. The van der Waals surface area contributed by atoms with Crippen LogP contribution in [0, 0.1) is 0 Å². The van der Waals surface area contributed by atoms with Gasteiger partial charge in [-0.05, 0) is 37.1 Å². The fraction of sp³-hybridized carbons (Fsp3) is 0.238. The summed E-state index contributed by atoms with van der Waals surface area (Å²) in [4.78, 5) is 28.9. The molecule has 7 nitrogen and oxygen atoms in total. The summed E-state index contributed by atoms with van der Waals surface area (Å²) in [7, 11) is 0. The monoisotopic (exact) mass is 445 g/mol. The lowest BCUT2D eigenvalue weighted by Crippen LogP contribution is -2.35. The summed E-state index contributed by atoms with van der Waals surface area (Å²) in [6, 6.07) is 14.6. The molecule has 0 fully saturated rings. The quantitative estimate of drug-likeness (QED) is 0.578. The van der Waals surface area contributed by atoms with Crippen LogP contribution in [0.3, 0.4) is 0 Å². The Labute approximate surface area is 184 Å². The summed E-state index contributed by atoms with van der Waals surface area (Å²) in [6.45, 7) is 3.94. The van der Waals surface area contributed by atoms with Crippen molar-refractivity contribution in [1.29, 1.82) is 0 Å². The third kappa shape index (κ3) is 5.37. The molecular formula is C21H21Cl2N5O2. The number of amides is 2. The molecule has 0 spiro atoms. The first kappa shape index (κ1) is 21.8. The maximum atomic E-state index is 12.8. The first-order valence-corrected chi connectivity index (χ1v) is 9.98.